The van der Waals surface area contributed by atoms with Gasteiger partial charge in [-0.05, 0) is 13.8 Å². The molecule has 98 valence electrons. The summed E-state index contributed by atoms with van der Waals surface area (Å²) in [6.07, 6.45) is 1.41. The molecule has 2 heterocycles. The highest BCUT2D eigenvalue weighted by Gasteiger charge is 2.34. The molecule has 0 aliphatic carbocycles. The van der Waals surface area contributed by atoms with Crippen molar-refractivity contribution in [3.63, 3.8) is 0 Å². The van der Waals surface area contributed by atoms with Crippen LogP contribution in [0.5, 0.6) is 0 Å². The zero-order chi connectivity index (χ0) is 13.3. The first-order valence-electron chi connectivity index (χ1n) is 5.84. The van der Waals surface area contributed by atoms with Gasteiger partial charge in [0.25, 0.3) is 5.91 Å². The number of aromatic nitrogens is 2. The Morgan fingerprint density at radius 3 is 3.00 bits per heavy atom. The smallest absolute Gasteiger partial charge is 0.312 e. The average Bonchev–Trinajstić information content (AvgIpc) is 2.74. The predicted molar refractivity (Wildman–Crippen MR) is 64.1 cm³/mol. The normalized spacial score (nSPS) is 21.9. The van der Waals surface area contributed by atoms with E-state index in [0.29, 0.717) is 24.5 Å². The lowest BCUT2D eigenvalue weighted by Gasteiger charge is -2.30. The number of hydrogen-bond donors (Lipinski definition) is 2. The summed E-state index contributed by atoms with van der Waals surface area (Å²) in [5, 5.41) is 7.11. The maximum absolute atomic E-state index is 11.8. The Morgan fingerprint density at radius 1 is 1.67 bits per heavy atom. The van der Waals surface area contributed by atoms with Gasteiger partial charge in [-0.2, -0.15) is 5.10 Å². The van der Waals surface area contributed by atoms with E-state index in [1.165, 1.54) is 6.20 Å². The zero-order valence-electron chi connectivity index (χ0n) is 10.3. The van der Waals surface area contributed by atoms with Crippen molar-refractivity contribution in [1.82, 2.24) is 9.78 Å². The number of primary amides is 1. The maximum Gasteiger partial charge on any atom is 0.312 e. The molecule has 0 aromatic carbocycles. The fourth-order valence-corrected chi connectivity index (χ4v) is 2.10. The van der Waals surface area contributed by atoms with Crippen molar-refractivity contribution >= 4 is 17.7 Å². The molecule has 7 heteroatoms. The highest BCUT2D eigenvalue weighted by molar-refractivity contribution is 5.97. The molecule has 1 aliphatic heterocycles. The summed E-state index contributed by atoms with van der Waals surface area (Å²) in [7, 11) is 0. The van der Waals surface area contributed by atoms with Crippen LogP contribution < -0.4 is 11.1 Å². The molecule has 1 amide bonds. The number of esters is 1. The average molecular weight is 252 g/mol. The van der Waals surface area contributed by atoms with Crippen molar-refractivity contribution in [2.24, 2.45) is 11.7 Å². The number of carbonyl (C=O) groups excluding carboxylic acids is 2. The van der Waals surface area contributed by atoms with Crippen LogP contribution in [0.15, 0.2) is 6.20 Å². The fraction of sp³-hybridized carbons (Fsp3) is 0.545. The molecule has 0 radical (unpaired) electrons. The third kappa shape index (κ3) is 1.92. The van der Waals surface area contributed by atoms with Gasteiger partial charge in [-0.25, -0.2) is 4.68 Å². The molecule has 2 rings (SSSR count). The summed E-state index contributed by atoms with van der Waals surface area (Å²) in [5.41, 5.74) is 5.58. The van der Waals surface area contributed by atoms with Crippen molar-refractivity contribution in [3.8, 4) is 0 Å². The molecule has 7 nitrogen and oxygen atoms in total. The largest absolute Gasteiger partial charge is 0.466 e. The number of hydrogen-bond acceptors (Lipinski definition) is 5. The minimum absolute atomic E-state index is 0.173. The third-order valence-corrected chi connectivity index (χ3v) is 3.11. The lowest BCUT2D eigenvalue weighted by atomic mass is 9.99. The van der Waals surface area contributed by atoms with Gasteiger partial charge in [-0.1, -0.05) is 0 Å². The molecular weight excluding hydrogens is 236 g/mol. The predicted octanol–water partition coefficient (Wildman–Crippen LogP) is 0.148. The topological polar surface area (TPSA) is 99.2 Å². The van der Waals surface area contributed by atoms with Crippen molar-refractivity contribution in [2.45, 2.75) is 19.9 Å². The monoisotopic (exact) mass is 252 g/mol. The quantitative estimate of drug-likeness (QED) is 0.746. The minimum Gasteiger partial charge on any atom is -0.466 e. The van der Waals surface area contributed by atoms with Gasteiger partial charge in [0, 0.05) is 6.54 Å². The van der Waals surface area contributed by atoms with Crippen LogP contribution in [0.3, 0.4) is 0 Å². The number of rotatable bonds is 3. The summed E-state index contributed by atoms with van der Waals surface area (Å²) in [4.78, 5) is 23.0. The first-order chi connectivity index (χ1) is 8.56. The number of nitrogens with zero attached hydrogens (tertiary/aromatic N) is 2. The van der Waals surface area contributed by atoms with Crippen molar-refractivity contribution < 1.29 is 14.3 Å². The van der Waals surface area contributed by atoms with E-state index >= 15 is 0 Å². The molecule has 0 saturated heterocycles. The number of ether oxygens (including phenoxy) is 1. The Morgan fingerprint density at radius 2 is 2.39 bits per heavy atom. The van der Waals surface area contributed by atoms with Crippen LogP contribution >= 0.6 is 0 Å². The Hall–Kier alpha value is -2.05. The number of amides is 1. The lowest BCUT2D eigenvalue weighted by molar-refractivity contribution is -0.149. The van der Waals surface area contributed by atoms with Gasteiger partial charge < -0.3 is 15.8 Å². The minimum atomic E-state index is -0.537. The molecule has 1 aromatic heterocycles. The third-order valence-electron chi connectivity index (χ3n) is 3.11. The molecule has 0 fully saturated rings. The van der Waals surface area contributed by atoms with Crippen molar-refractivity contribution in [3.05, 3.63) is 11.8 Å². The van der Waals surface area contributed by atoms with Crippen LogP contribution in [0.2, 0.25) is 0 Å². The first kappa shape index (κ1) is 12.4. The van der Waals surface area contributed by atoms with Crippen LogP contribution in [-0.2, 0) is 9.53 Å². The Kier molecular flexibility index (Phi) is 3.22. The zero-order valence-corrected chi connectivity index (χ0v) is 10.3. The van der Waals surface area contributed by atoms with Crippen LogP contribution in [0.25, 0.3) is 0 Å². The summed E-state index contributed by atoms with van der Waals surface area (Å²) in [6, 6.07) is -0.173. The number of carbonyl (C=O) groups is 2. The molecule has 2 unspecified atom stereocenters. The maximum atomic E-state index is 11.8. The second-order valence-corrected chi connectivity index (χ2v) is 4.20. The summed E-state index contributed by atoms with van der Waals surface area (Å²) < 4.78 is 6.61. The first-order valence-corrected chi connectivity index (χ1v) is 5.84. The summed E-state index contributed by atoms with van der Waals surface area (Å²) in [5.74, 6) is -0.557. The Labute approximate surface area is 104 Å². The molecule has 0 bridgehead atoms. The molecule has 0 saturated carbocycles. The highest BCUT2D eigenvalue weighted by atomic mass is 16.5. The number of nitrogens with two attached hydrogens (primary N) is 1. The lowest BCUT2D eigenvalue weighted by Crippen LogP contribution is -2.38. The van der Waals surface area contributed by atoms with Gasteiger partial charge in [-0.15, -0.1) is 0 Å². The van der Waals surface area contributed by atoms with Gasteiger partial charge >= 0.3 is 5.97 Å². The summed E-state index contributed by atoms with van der Waals surface area (Å²) in [6.45, 7) is 4.39. The standard InChI is InChI=1S/C11H16N4O3/c1-3-18-11(17)7-4-13-10-8(9(12)16)5-14-15(10)6(7)2/h5-7,13H,3-4H2,1-2H3,(H2,12,16). The van der Waals surface area contributed by atoms with E-state index < -0.39 is 5.91 Å². The Balaban J connectivity index is 2.26. The van der Waals surface area contributed by atoms with Gasteiger partial charge in [0.1, 0.15) is 11.4 Å². The van der Waals surface area contributed by atoms with E-state index in [1.54, 1.807) is 11.6 Å². The van der Waals surface area contributed by atoms with E-state index in [-0.39, 0.29) is 17.9 Å². The second kappa shape index (κ2) is 4.67. The summed E-state index contributed by atoms with van der Waals surface area (Å²) >= 11 is 0. The van der Waals surface area contributed by atoms with Crippen LogP contribution in [-0.4, -0.2) is 34.8 Å². The number of fused-ring (bicyclic) bond motifs is 1. The molecular formula is C11H16N4O3. The molecule has 3 N–H and O–H groups in total. The Bertz CT molecular complexity index is 483. The van der Waals surface area contributed by atoms with Gasteiger partial charge in [0.15, 0.2) is 0 Å². The van der Waals surface area contributed by atoms with Crippen LogP contribution in [0, 0.1) is 5.92 Å². The molecule has 1 aromatic rings. The van der Waals surface area contributed by atoms with E-state index in [4.69, 9.17) is 10.5 Å². The van der Waals surface area contributed by atoms with Gasteiger partial charge in [0.2, 0.25) is 0 Å². The van der Waals surface area contributed by atoms with Crippen molar-refractivity contribution in [1.29, 1.82) is 0 Å². The van der Waals surface area contributed by atoms with E-state index in [0.717, 1.165) is 0 Å². The van der Waals surface area contributed by atoms with Crippen LogP contribution in [0.1, 0.15) is 30.2 Å². The van der Waals surface area contributed by atoms with E-state index in [9.17, 15) is 9.59 Å². The van der Waals surface area contributed by atoms with Gasteiger partial charge in [0.05, 0.1) is 24.8 Å². The van der Waals surface area contributed by atoms with E-state index in [2.05, 4.69) is 10.4 Å². The SMILES string of the molecule is CCOC(=O)C1CNc2c(C(N)=O)cnn2C1C. The number of nitrogens with one attached hydrogen (secondary N) is 1. The molecule has 18 heavy (non-hydrogen) atoms. The van der Waals surface area contributed by atoms with Gasteiger partial charge in [-0.3, -0.25) is 9.59 Å². The highest BCUT2D eigenvalue weighted by Crippen LogP contribution is 2.30. The molecule has 0 spiro atoms. The van der Waals surface area contributed by atoms with Crippen molar-refractivity contribution in [2.75, 3.05) is 18.5 Å². The fourth-order valence-electron chi connectivity index (χ4n) is 2.10. The number of anilines is 1. The molecule has 2 atom stereocenters. The van der Waals surface area contributed by atoms with Crippen LogP contribution in [0.4, 0.5) is 5.82 Å². The molecule has 1 aliphatic rings. The van der Waals surface area contributed by atoms with E-state index in [1.807, 2.05) is 6.92 Å². The second-order valence-electron chi connectivity index (χ2n) is 4.20.